The molecule has 0 aliphatic carbocycles. The van der Waals surface area contributed by atoms with E-state index in [4.69, 9.17) is 4.55 Å². The Balaban J connectivity index is 3.05. The second-order valence-corrected chi connectivity index (χ2v) is 4.44. The summed E-state index contributed by atoms with van der Waals surface area (Å²) >= 11 is -1.58. The zero-order valence-electron chi connectivity index (χ0n) is 8.08. The maximum Gasteiger partial charge on any atom is 0.152 e. The lowest BCUT2D eigenvalue weighted by Gasteiger charge is -2.06. The van der Waals surface area contributed by atoms with Crippen LogP contribution in [0.1, 0.15) is 46.0 Å². The van der Waals surface area contributed by atoms with Gasteiger partial charge in [-0.1, -0.05) is 39.5 Å². The average molecular weight is 192 g/mol. The highest BCUT2D eigenvalue weighted by Gasteiger charge is 1.98. The van der Waals surface area contributed by atoms with Gasteiger partial charge in [-0.25, -0.2) is 4.21 Å². The predicted octanol–water partition coefficient (Wildman–Crippen LogP) is 2.81. The highest BCUT2D eigenvalue weighted by atomic mass is 32.2. The molecule has 12 heavy (non-hydrogen) atoms. The molecule has 1 N–H and O–H groups in total. The third-order valence-corrected chi connectivity index (χ3v) is 2.85. The minimum atomic E-state index is -1.58. The van der Waals surface area contributed by atoms with Crippen LogP contribution < -0.4 is 0 Å². The molecular weight excluding hydrogens is 172 g/mol. The maximum absolute atomic E-state index is 10.3. The first kappa shape index (κ1) is 12.1. The molecule has 0 aliphatic heterocycles. The highest BCUT2D eigenvalue weighted by Crippen LogP contribution is 2.11. The van der Waals surface area contributed by atoms with Crippen LogP contribution in [0.25, 0.3) is 0 Å². The molecule has 2 nitrogen and oxygen atoms in total. The summed E-state index contributed by atoms with van der Waals surface area (Å²) in [5, 5.41) is 0. The second kappa shape index (κ2) is 7.74. The van der Waals surface area contributed by atoms with Crippen LogP contribution in [0.15, 0.2) is 0 Å². The fourth-order valence-corrected chi connectivity index (χ4v) is 1.55. The van der Waals surface area contributed by atoms with Crippen LogP contribution in [0.2, 0.25) is 0 Å². The fraction of sp³-hybridized carbons (Fsp3) is 1.00. The topological polar surface area (TPSA) is 37.3 Å². The Kier molecular flexibility index (Phi) is 7.81. The number of hydrogen-bond acceptors (Lipinski definition) is 1. The van der Waals surface area contributed by atoms with Crippen LogP contribution in [0.4, 0.5) is 0 Å². The highest BCUT2D eigenvalue weighted by molar-refractivity contribution is 7.79. The van der Waals surface area contributed by atoms with Gasteiger partial charge in [0, 0.05) is 5.75 Å². The molecule has 0 aromatic heterocycles. The molecule has 0 radical (unpaired) electrons. The van der Waals surface area contributed by atoms with E-state index in [1.807, 2.05) is 0 Å². The molecule has 0 bridgehead atoms. The molecule has 0 aromatic carbocycles. The van der Waals surface area contributed by atoms with Crippen LogP contribution in [0, 0.1) is 5.92 Å². The molecule has 0 amide bonds. The van der Waals surface area contributed by atoms with Crippen LogP contribution in [-0.4, -0.2) is 14.5 Å². The third-order valence-electron chi connectivity index (χ3n) is 2.21. The van der Waals surface area contributed by atoms with E-state index >= 15 is 0 Å². The summed E-state index contributed by atoms with van der Waals surface area (Å²) in [7, 11) is 0. The van der Waals surface area contributed by atoms with Gasteiger partial charge in [0.1, 0.15) is 0 Å². The van der Waals surface area contributed by atoms with Gasteiger partial charge in [-0.05, 0) is 12.3 Å². The normalized spacial score (nSPS) is 15.9. The largest absolute Gasteiger partial charge is 0.306 e. The lowest BCUT2D eigenvalue weighted by atomic mass is 10.0. The number of rotatable bonds is 7. The Labute approximate surface area is 78.0 Å². The molecule has 0 aromatic rings. The number of hydrogen-bond donors (Lipinski definition) is 1. The molecule has 0 rings (SSSR count). The Morgan fingerprint density at radius 1 is 1.33 bits per heavy atom. The molecule has 0 spiro atoms. The first-order valence-corrected chi connectivity index (χ1v) is 6.01. The Morgan fingerprint density at radius 3 is 2.50 bits per heavy atom. The fourth-order valence-electron chi connectivity index (χ4n) is 1.10. The summed E-state index contributed by atoms with van der Waals surface area (Å²) in [6.07, 6.45) is 5.68. The Bertz CT molecular complexity index is 126. The molecule has 0 saturated heterocycles. The molecule has 3 heteroatoms. The van der Waals surface area contributed by atoms with Crippen molar-refractivity contribution in [1.29, 1.82) is 0 Å². The van der Waals surface area contributed by atoms with Gasteiger partial charge in [-0.3, -0.25) is 0 Å². The van der Waals surface area contributed by atoms with Crippen molar-refractivity contribution >= 4 is 11.1 Å². The quantitative estimate of drug-likeness (QED) is 0.497. The summed E-state index contributed by atoms with van der Waals surface area (Å²) in [6, 6.07) is 0. The third kappa shape index (κ3) is 8.21. The van der Waals surface area contributed by atoms with Crippen LogP contribution in [0.5, 0.6) is 0 Å². The smallest absolute Gasteiger partial charge is 0.152 e. The van der Waals surface area contributed by atoms with E-state index in [1.165, 1.54) is 19.3 Å². The zero-order chi connectivity index (χ0) is 9.40. The van der Waals surface area contributed by atoms with Gasteiger partial charge in [-0.2, -0.15) is 0 Å². The van der Waals surface area contributed by atoms with Crippen molar-refractivity contribution in [2.24, 2.45) is 5.92 Å². The van der Waals surface area contributed by atoms with Crippen molar-refractivity contribution < 1.29 is 8.76 Å². The first-order valence-electron chi connectivity index (χ1n) is 4.74. The van der Waals surface area contributed by atoms with Crippen molar-refractivity contribution in [3.63, 3.8) is 0 Å². The lowest BCUT2D eigenvalue weighted by Crippen LogP contribution is -1.96. The molecule has 0 heterocycles. The van der Waals surface area contributed by atoms with Crippen molar-refractivity contribution in [3.8, 4) is 0 Å². The molecular formula is C9H20O2S. The van der Waals surface area contributed by atoms with E-state index in [0.29, 0.717) is 5.75 Å². The van der Waals surface area contributed by atoms with Gasteiger partial charge < -0.3 is 4.55 Å². The molecule has 2 atom stereocenters. The van der Waals surface area contributed by atoms with Crippen LogP contribution in [-0.2, 0) is 11.1 Å². The molecule has 0 aliphatic rings. The van der Waals surface area contributed by atoms with Crippen LogP contribution >= 0.6 is 0 Å². The predicted molar refractivity (Wildman–Crippen MR) is 53.6 cm³/mol. The lowest BCUT2D eigenvalue weighted by molar-refractivity contribution is 0.481. The van der Waals surface area contributed by atoms with Crippen molar-refractivity contribution in [2.75, 3.05) is 5.75 Å². The number of unbranched alkanes of at least 4 members (excludes halogenated alkanes) is 2. The monoisotopic (exact) mass is 192 g/mol. The molecule has 0 fully saturated rings. The summed E-state index contributed by atoms with van der Waals surface area (Å²) in [4.78, 5) is 0. The van der Waals surface area contributed by atoms with E-state index in [2.05, 4.69) is 13.8 Å². The van der Waals surface area contributed by atoms with E-state index in [0.717, 1.165) is 18.8 Å². The van der Waals surface area contributed by atoms with Gasteiger partial charge in [0.2, 0.25) is 0 Å². The van der Waals surface area contributed by atoms with E-state index in [-0.39, 0.29) is 0 Å². The minimum absolute atomic E-state index is 0.445. The van der Waals surface area contributed by atoms with E-state index in [1.54, 1.807) is 0 Å². The van der Waals surface area contributed by atoms with Gasteiger partial charge in [-0.15, -0.1) is 0 Å². The van der Waals surface area contributed by atoms with Crippen molar-refractivity contribution in [1.82, 2.24) is 0 Å². The minimum Gasteiger partial charge on any atom is -0.306 e. The van der Waals surface area contributed by atoms with Gasteiger partial charge >= 0.3 is 0 Å². The van der Waals surface area contributed by atoms with Gasteiger partial charge in [0.15, 0.2) is 11.1 Å². The Hall–Kier alpha value is 0.110. The molecule has 74 valence electrons. The maximum atomic E-state index is 10.3. The summed E-state index contributed by atoms with van der Waals surface area (Å²) in [5.74, 6) is 1.25. The summed E-state index contributed by atoms with van der Waals surface area (Å²) in [5.41, 5.74) is 0. The molecule has 2 unspecified atom stereocenters. The standard InChI is InChI=1S/C9H20O2S/c1-3-9(2)7-5-4-6-8-12(10)11/h9H,3-8H2,1-2H3,(H,10,11). The summed E-state index contributed by atoms with van der Waals surface area (Å²) in [6.45, 7) is 4.46. The SMILES string of the molecule is CCC(C)CCCCCS(=O)O. The first-order chi connectivity index (χ1) is 5.66. The second-order valence-electron chi connectivity index (χ2n) is 3.39. The molecule has 0 saturated carbocycles. The van der Waals surface area contributed by atoms with Crippen LogP contribution in [0.3, 0.4) is 0 Å². The summed E-state index contributed by atoms with van der Waals surface area (Å²) < 4.78 is 18.7. The zero-order valence-corrected chi connectivity index (χ0v) is 8.90. The van der Waals surface area contributed by atoms with Gasteiger partial charge in [0.05, 0.1) is 0 Å². The van der Waals surface area contributed by atoms with E-state index < -0.39 is 11.1 Å². The van der Waals surface area contributed by atoms with Crippen molar-refractivity contribution in [3.05, 3.63) is 0 Å². The Morgan fingerprint density at radius 2 is 2.00 bits per heavy atom. The van der Waals surface area contributed by atoms with E-state index in [9.17, 15) is 4.21 Å². The van der Waals surface area contributed by atoms with Gasteiger partial charge in [0.25, 0.3) is 0 Å². The van der Waals surface area contributed by atoms with Crippen molar-refractivity contribution in [2.45, 2.75) is 46.0 Å². The average Bonchev–Trinajstić information content (AvgIpc) is 2.03.